The minimum Gasteiger partial charge on any atom is -0.353 e. The summed E-state index contributed by atoms with van der Waals surface area (Å²) in [7, 11) is 0. The first-order valence-electron chi connectivity index (χ1n) is 42.5. The zero-order valence-corrected chi connectivity index (χ0v) is 73.4. The van der Waals surface area contributed by atoms with Crippen LogP contribution in [-0.4, -0.2) is 0 Å². The SMILES string of the molecule is Brc1ccc2ccc3c(Br)ccc4ccc1c2c43.Cc1ccc(-c2ccccc2)cc1N(c1cc2c(cc1F)C(C)(C)c1ccccc1-2)c1ccc2ccc3c(N(c4cc(-c5ccccc5)ccc4C)c4cc5c(cc4F)C(C)(C)c4ccccc4-5)ccc4ccc1c2c43.Cc1ccc(-c2ccccc2)cc1Nc1cc2c(cc1F)C(C)(C)c1ccccc1-2. The zero-order chi connectivity index (χ0) is 84.9. The largest absolute Gasteiger partial charge is 0.353 e. The van der Waals surface area contributed by atoms with Crippen LogP contribution < -0.4 is 15.1 Å². The first kappa shape index (κ1) is 77.9. The Hall–Kier alpha value is -13.4. The number of benzene rings is 20. The van der Waals surface area contributed by atoms with E-state index in [1.54, 1.807) is 18.2 Å². The van der Waals surface area contributed by atoms with Crippen LogP contribution in [0.3, 0.4) is 0 Å². The van der Waals surface area contributed by atoms with Crippen molar-refractivity contribution in [3.8, 4) is 66.8 Å². The molecule has 600 valence electrons. The summed E-state index contributed by atoms with van der Waals surface area (Å²) in [4.78, 5) is 4.31. The molecule has 0 radical (unpaired) electrons. The lowest BCUT2D eigenvalue weighted by molar-refractivity contribution is 0.610. The first-order chi connectivity index (χ1) is 60.1. The van der Waals surface area contributed by atoms with Crippen molar-refractivity contribution in [2.45, 2.75) is 78.6 Å². The number of fused-ring (bicyclic) bond motifs is 9. The molecule has 0 saturated carbocycles. The number of nitrogens with zero attached hydrogens (tertiary/aromatic N) is 2. The summed E-state index contributed by atoms with van der Waals surface area (Å²) in [6.07, 6.45) is 0. The van der Waals surface area contributed by atoms with Gasteiger partial charge in [0, 0.05) is 53.0 Å². The first-order valence-corrected chi connectivity index (χ1v) is 44.1. The van der Waals surface area contributed by atoms with Crippen molar-refractivity contribution in [1.29, 1.82) is 0 Å². The molecule has 3 aliphatic rings. The highest BCUT2D eigenvalue weighted by molar-refractivity contribution is 9.11. The van der Waals surface area contributed by atoms with E-state index in [9.17, 15) is 0 Å². The van der Waals surface area contributed by atoms with Gasteiger partial charge in [-0.2, -0.15) is 0 Å². The van der Waals surface area contributed by atoms with Crippen molar-refractivity contribution in [2.75, 3.05) is 15.1 Å². The Morgan fingerprint density at radius 2 is 0.548 bits per heavy atom. The molecule has 0 saturated heterocycles. The van der Waals surface area contributed by atoms with E-state index in [0.717, 1.165) is 164 Å². The second kappa shape index (κ2) is 30.0. The van der Waals surface area contributed by atoms with E-state index in [2.05, 4.69) is 394 Å². The Kier molecular flexibility index (Phi) is 18.9. The maximum absolute atomic E-state index is 17.8. The summed E-state index contributed by atoms with van der Waals surface area (Å²) < 4.78 is 53.1. The minimum atomic E-state index is -0.372. The van der Waals surface area contributed by atoms with Gasteiger partial charge >= 0.3 is 0 Å². The molecule has 0 amide bonds. The fraction of sp³-hybridized carbons (Fsp3) is 0.103. The second-order valence-electron chi connectivity index (χ2n) is 35.1. The molecule has 0 spiro atoms. The maximum Gasteiger partial charge on any atom is 0.147 e. The van der Waals surface area contributed by atoms with Gasteiger partial charge in [-0.05, 0) is 270 Å². The van der Waals surface area contributed by atoms with Crippen LogP contribution in [0.25, 0.3) is 131 Å². The van der Waals surface area contributed by atoms with Crippen LogP contribution in [0, 0.1) is 38.2 Å². The molecule has 0 heterocycles. The summed E-state index contributed by atoms with van der Waals surface area (Å²) >= 11 is 7.30. The zero-order valence-electron chi connectivity index (χ0n) is 70.3. The van der Waals surface area contributed by atoms with E-state index >= 15 is 13.2 Å². The van der Waals surface area contributed by atoms with Gasteiger partial charge in [0.2, 0.25) is 0 Å². The van der Waals surface area contributed by atoms with Crippen LogP contribution in [0.2, 0.25) is 0 Å². The number of halogens is 5. The van der Waals surface area contributed by atoms with Gasteiger partial charge in [-0.25, -0.2) is 13.2 Å². The number of rotatable bonds is 11. The van der Waals surface area contributed by atoms with Gasteiger partial charge < -0.3 is 15.1 Å². The van der Waals surface area contributed by atoms with Crippen LogP contribution in [-0.2, 0) is 16.2 Å². The van der Waals surface area contributed by atoms with Crippen LogP contribution in [0.15, 0.2) is 361 Å². The highest BCUT2D eigenvalue weighted by Gasteiger charge is 2.41. The highest BCUT2D eigenvalue weighted by atomic mass is 79.9. The molecule has 3 aliphatic carbocycles. The molecular formula is C116H86Br2F3N3. The van der Waals surface area contributed by atoms with Gasteiger partial charge in [0.05, 0.1) is 28.4 Å². The minimum absolute atomic E-state index is 0.200. The van der Waals surface area contributed by atoms with E-state index in [1.165, 1.54) is 54.6 Å². The van der Waals surface area contributed by atoms with Gasteiger partial charge in [-0.3, -0.25) is 0 Å². The molecule has 0 aromatic heterocycles. The predicted molar refractivity (Wildman–Crippen MR) is 524 cm³/mol. The monoisotopic (exact) mass is 1740 g/mol. The summed E-state index contributed by atoms with van der Waals surface area (Å²) in [5.74, 6) is -0.800. The highest BCUT2D eigenvalue weighted by Crippen LogP contribution is 2.58. The van der Waals surface area contributed by atoms with Crippen molar-refractivity contribution >= 4 is 142 Å². The third-order valence-electron chi connectivity index (χ3n) is 26.8. The molecule has 124 heavy (non-hydrogen) atoms. The Morgan fingerprint density at radius 1 is 0.234 bits per heavy atom. The van der Waals surface area contributed by atoms with Gasteiger partial charge in [-0.1, -0.05) is 346 Å². The van der Waals surface area contributed by atoms with Crippen LogP contribution in [0.5, 0.6) is 0 Å². The van der Waals surface area contributed by atoms with Gasteiger partial charge in [0.1, 0.15) is 17.5 Å². The molecule has 0 fully saturated rings. The van der Waals surface area contributed by atoms with Crippen molar-refractivity contribution in [2.24, 2.45) is 0 Å². The molecule has 0 aliphatic heterocycles. The average Bonchev–Trinajstić information content (AvgIpc) is 1.45. The van der Waals surface area contributed by atoms with Gasteiger partial charge in [0.15, 0.2) is 0 Å². The van der Waals surface area contributed by atoms with E-state index in [0.29, 0.717) is 17.1 Å². The number of aryl methyl sites for hydroxylation is 3. The lowest BCUT2D eigenvalue weighted by atomic mass is 9.82. The molecular weight excluding hydrogens is 1650 g/mol. The lowest BCUT2D eigenvalue weighted by Gasteiger charge is -2.32. The molecule has 0 atom stereocenters. The molecule has 23 rings (SSSR count). The smallest absolute Gasteiger partial charge is 0.147 e. The fourth-order valence-electron chi connectivity index (χ4n) is 20.3. The molecule has 20 aromatic carbocycles. The van der Waals surface area contributed by atoms with Crippen molar-refractivity contribution < 1.29 is 13.2 Å². The van der Waals surface area contributed by atoms with Gasteiger partial charge in [-0.15, -0.1) is 0 Å². The lowest BCUT2D eigenvalue weighted by Crippen LogP contribution is -2.17. The van der Waals surface area contributed by atoms with E-state index in [4.69, 9.17) is 0 Å². The predicted octanol–water partition coefficient (Wildman–Crippen LogP) is 34.3. The molecule has 0 unspecified atom stereocenters. The van der Waals surface area contributed by atoms with Crippen molar-refractivity contribution in [1.82, 2.24) is 0 Å². The third-order valence-corrected chi connectivity index (χ3v) is 28.2. The molecule has 3 nitrogen and oxygen atoms in total. The van der Waals surface area contributed by atoms with Crippen LogP contribution in [0.1, 0.15) is 91.6 Å². The Bertz CT molecular complexity index is 7370. The van der Waals surface area contributed by atoms with E-state index in [-0.39, 0.29) is 33.7 Å². The standard InChI is InChI=1S/C72H54F2N2.C28H24FN.C16H8Br2/c1-43-25-27-49(45-17-9-7-10-18-45)37-65(43)75(67-39-55-51-21-13-15-23-57(51)71(3,4)59(55)41-61(67)73)63-35-31-47-30-34-54-64(36-32-48-29-33-53(63)69(47)70(48)54)76(66-38-50(28-26-44(66)2)46-19-11-8-12-20-46)68-40-56-52-22-14-16-24-58(52)72(5,6)60(56)42-62(68)74;1-18-13-14-20(19-9-5-4-6-10-19)15-26(18)30-27-16-22-21-11-7-8-12-23(21)28(2,3)24(22)17-25(27)29;17-13-8-4-10-2-6-12-14(18)7-3-9-1-5-11(13)16(10)15(9)12/h7-42H,1-6H3;4-17,30H,1-3H3;1-8H. The number of hydrogen-bond donors (Lipinski definition) is 1. The fourth-order valence-corrected chi connectivity index (χ4v) is 21.2. The summed E-state index contributed by atoms with van der Waals surface area (Å²) in [6, 6.07) is 122. The average molecular weight is 1740 g/mol. The quantitative estimate of drug-likeness (QED) is 0.130. The summed E-state index contributed by atoms with van der Waals surface area (Å²) in [5.41, 5.74) is 27.8. The van der Waals surface area contributed by atoms with Crippen LogP contribution in [0.4, 0.5) is 58.7 Å². The van der Waals surface area contributed by atoms with Gasteiger partial charge in [0.25, 0.3) is 0 Å². The Morgan fingerprint density at radius 3 is 0.944 bits per heavy atom. The normalized spacial score (nSPS) is 13.4. The molecule has 1 N–H and O–H groups in total. The van der Waals surface area contributed by atoms with E-state index in [1.807, 2.05) is 49.4 Å². The van der Waals surface area contributed by atoms with E-state index < -0.39 is 0 Å². The van der Waals surface area contributed by atoms with Crippen molar-refractivity contribution in [3.05, 3.63) is 428 Å². The number of anilines is 8. The Labute approximate surface area is 738 Å². The molecule has 20 aromatic rings. The molecule has 0 bridgehead atoms. The number of nitrogens with one attached hydrogen (secondary N) is 1. The molecule has 8 heteroatoms. The van der Waals surface area contributed by atoms with Crippen molar-refractivity contribution in [3.63, 3.8) is 0 Å². The Balaban J connectivity index is 0.000000158. The summed E-state index contributed by atoms with van der Waals surface area (Å²) in [6.45, 7) is 19.4. The number of hydrogen-bond acceptors (Lipinski definition) is 3. The van der Waals surface area contributed by atoms with Crippen LogP contribution >= 0.6 is 31.9 Å². The topological polar surface area (TPSA) is 18.5 Å². The second-order valence-corrected chi connectivity index (χ2v) is 36.8. The third kappa shape index (κ3) is 12.7. The summed E-state index contributed by atoms with van der Waals surface area (Å²) in [5, 5.41) is 17.4. The maximum atomic E-state index is 17.8.